The van der Waals surface area contributed by atoms with Gasteiger partial charge in [-0.25, -0.2) is 4.79 Å². The van der Waals surface area contributed by atoms with Gasteiger partial charge in [0.1, 0.15) is 0 Å². The molecule has 0 atom stereocenters. The number of hydrogen-bond donors (Lipinski definition) is 1. The molecule has 1 rings (SSSR count). The fourth-order valence-electron chi connectivity index (χ4n) is 1.45. The van der Waals surface area contributed by atoms with Crippen molar-refractivity contribution in [2.45, 2.75) is 13.8 Å². The Kier molecular flexibility index (Phi) is 3.44. The van der Waals surface area contributed by atoms with Crippen molar-refractivity contribution in [2.75, 3.05) is 11.4 Å². The lowest BCUT2D eigenvalue weighted by molar-refractivity contribution is -0.116. The van der Waals surface area contributed by atoms with Crippen LogP contribution in [0.1, 0.15) is 24.2 Å². The van der Waals surface area contributed by atoms with Gasteiger partial charge in [-0.1, -0.05) is 12.1 Å². The number of carbonyl (C=O) groups is 2. The highest BCUT2D eigenvalue weighted by atomic mass is 16.4. The van der Waals surface area contributed by atoms with Crippen LogP contribution in [0.3, 0.4) is 0 Å². The summed E-state index contributed by atoms with van der Waals surface area (Å²) >= 11 is 0. The van der Waals surface area contributed by atoms with E-state index in [-0.39, 0.29) is 11.5 Å². The van der Waals surface area contributed by atoms with E-state index >= 15 is 0 Å². The zero-order valence-corrected chi connectivity index (χ0v) is 8.73. The largest absolute Gasteiger partial charge is 0.478 e. The molecule has 1 amide bonds. The van der Waals surface area contributed by atoms with Gasteiger partial charge in [0.2, 0.25) is 5.91 Å². The van der Waals surface area contributed by atoms with Crippen molar-refractivity contribution < 1.29 is 14.7 Å². The minimum Gasteiger partial charge on any atom is -0.478 e. The number of para-hydroxylation sites is 1. The van der Waals surface area contributed by atoms with Gasteiger partial charge in [0.15, 0.2) is 0 Å². The van der Waals surface area contributed by atoms with Gasteiger partial charge >= 0.3 is 5.97 Å². The topological polar surface area (TPSA) is 57.6 Å². The Morgan fingerprint density at radius 2 is 1.93 bits per heavy atom. The van der Waals surface area contributed by atoms with Crippen molar-refractivity contribution in [3.8, 4) is 0 Å². The third-order valence-corrected chi connectivity index (χ3v) is 2.12. The average molecular weight is 207 g/mol. The molecule has 0 radical (unpaired) electrons. The summed E-state index contributed by atoms with van der Waals surface area (Å²) in [5.74, 6) is -1.18. The van der Waals surface area contributed by atoms with Crippen LogP contribution in [0.25, 0.3) is 0 Å². The maximum absolute atomic E-state index is 11.3. The number of anilines is 1. The molecular weight excluding hydrogens is 194 g/mol. The minimum atomic E-state index is -1.02. The van der Waals surface area contributed by atoms with Gasteiger partial charge in [0, 0.05) is 13.5 Å². The molecule has 4 nitrogen and oxygen atoms in total. The first-order chi connectivity index (χ1) is 7.07. The van der Waals surface area contributed by atoms with Crippen LogP contribution in [0.5, 0.6) is 0 Å². The van der Waals surface area contributed by atoms with Crippen LogP contribution in [-0.4, -0.2) is 23.5 Å². The van der Waals surface area contributed by atoms with Crippen molar-refractivity contribution in [3.63, 3.8) is 0 Å². The van der Waals surface area contributed by atoms with Crippen molar-refractivity contribution in [2.24, 2.45) is 0 Å². The SMILES string of the molecule is CCN(C(C)=O)c1ccccc1C(=O)O. The Hall–Kier alpha value is -1.84. The van der Waals surface area contributed by atoms with Gasteiger partial charge in [0.25, 0.3) is 0 Å². The quantitative estimate of drug-likeness (QED) is 0.821. The second kappa shape index (κ2) is 4.59. The molecular formula is C11H13NO3. The van der Waals surface area contributed by atoms with Gasteiger partial charge in [0.05, 0.1) is 11.3 Å². The molecule has 80 valence electrons. The molecule has 0 aliphatic carbocycles. The molecule has 0 saturated heterocycles. The van der Waals surface area contributed by atoms with Crippen LogP contribution >= 0.6 is 0 Å². The highest BCUT2D eigenvalue weighted by Crippen LogP contribution is 2.20. The summed E-state index contributed by atoms with van der Waals surface area (Å²) in [6.07, 6.45) is 0. The predicted octanol–water partition coefficient (Wildman–Crippen LogP) is 1.76. The molecule has 15 heavy (non-hydrogen) atoms. The molecule has 0 unspecified atom stereocenters. The standard InChI is InChI=1S/C11H13NO3/c1-3-12(8(2)13)10-7-5-4-6-9(10)11(14)15/h4-7H,3H2,1-2H3,(H,14,15). The van der Waals surface area contributed by atoms with Crippen molar-refractivity contribution in [1.29, 1.82) is 0 Å². The predicted molar refractivity (Wildman–Crippen MR) is 57.1 cm³/mol. The number of aromatic carboxylic acids is 1. The third-order valence-electron chi connectivity index (χ3n) is 2.12. The molecule has 4 heteroatoms. The van der Waals surface area contributed by atoms with Crippen molar-refractivity contribution in [3.05, 3.63) is 29.8 Å². The molecule has 0 aliphatic rings. The first-order valence-corrected chi connectivity index (χ1v) is 4.68. The summed E-state index contributed by atoms with van der Waals surface area (Å²) in [5, 5.41) is 8.95. The Morgan fingerprint density at radius 3 is 2.40 bits per heavy atom. The van der Waals surface area contributed by atoms with Crippen LogP contribution < -0.4 is 4.90 Å². The number of rotatable bonds is 3. The van der Waals surface area contributed by atoms with E-state index in [0.717, 1.165) is 0 Å². The Bertz CT molecular complexity index is 387. The lowest BCUT2D eigenvalue weighted by atomic mass is 10.1. The smallest absolute Gasteiger partial charge is 0.337 e. The van der Waals surface area contributed by atoms with Crippen LogP contribution in [0.4, 0.5) is 5.69 Å². The first kappa shape index (κ1) is 11.2. The molecule has 0 aliphatic heterocycles. The highest BCUT2D eigenvalue weighted by Gasteiger charge is 2.16. The number of carbonyl (C=O) groups excluding carboxylic acids is 1. The molecule has 1 N–H and O–H groups in total. The molecule has 0 saturated carbocycles. The van der Waals surface area contributed by atoms with Gasteiger partial charge in [-0.2, -0.15) is 0 Å². The Balaban J connectivity index is 3.22. The number of carboxylic acids is 1. The summed E-state index contributed by atoms with van der Waals surface area (Å²) in [5.41, 5.74) is 0.592. The summed E-state index contributed by atoms with van der Waals surface area (Å²) in [4.78, 5) is 23.6. The Morgan fingerprint density at radius 1 is 1.33 bits per heavy atom. The van der Waals surface area contributed by atoms with Gasteiger partial charge in [-0.05, 0) is 19.1 Å². The van der Waals surface area contributed by atoms with Crippen molar-refractivity contribution in [1.82, 2.24) is 0 Å². The van der Waals surface area contributed by atoms with E-state index in [1.807, 2.05) is 0 Å². The third kappa shape index (κ3) is 2.34. The molecule has 1 aromatic rings. The van der Waals surface area contributed by atoms with Crippen molar-refractivity contribution >= 4 is 17.6 Å². The van der Waals surface area contributed by atoms with E-state index in [1.54, 1.807) is 25.1 Å². The second-order valence-corrected chi connectivity index (χ2v) is 3.09. The van der Waals surface area contributed by atoms with E-state index in [4.69, 9.17) is 5.11 Å². The van der Waals surface area contributed by atoms with E-state index in [0.29, 0.717) is 12.2 Å². The maximum Gasteiger partial charge on any atom is 0.337 e. The molecule has 1 aromatic carbocycles. The van der Waals surface area contributed by atoms with Crippen LogP contribution in [0, 0.1) is 0 Å². The molecule has 0 fully saturated rings. The summed E-state index contributed by atoms with van der Waals surface area (Å²) in [7, 11) is 0. The van der Waals surface area contributed by atoms with Gasteiger partial charge in [-0.3, -0.25) is 4.79 Å². The highest BCUT2D eigenvalue weighted by molar-refractivity contribution is 6.01. The lowest BCUT2D eigenvalue weighted by Gasteiger charge is -2.20. The number of benzene rings is 1. The molecule has 0 bridgehead atoms. The molecule has 0 aromatic heterocycles. The number of hydrogen-bond acceptors (Lipinski definition) is 2. The van der Waals surface area contributed by atoms with Crippen LogP contribution in [0.2, 0.25) is 0 Å². The monoisotopic (exact) mass is 207 g/mol. The number of amides is 1. The normalized spacial score (nSPS) is 9.73. The zero-order chi connectivity index (χ0) is 11.4. The minimum absolute atomic E-state index is 0.148. The Labute approximate surface area is 88.1 Å². The lowest BCUT2D eigenvalue weighted by Crippen LogP contribution is -2.29. The number of nitrogens with zero attached hydrogens (tertiary/aromatic N) is 1. The van der Waals surface area contributed by atoms with E-state index in [9.17, 15) is 9.59 Å². The summed E-state index contributed by atoms with van der Waals surface area (Å²) in [6, 6.07) is 6.48. The molecule has 0 heterocycles. The zero-order valence-electron chi connectivity index (χ0n) is 8.73. The van der Waals surface area contributed by atoms with E-state index < -0.39 is 5.97 Å². The van der Waals surface area contributed by atoms with Crippen LogP contribution in [-0.2, 0) is 4.79 Å². The number of carboxylic acid groups (broad SMARTS) is 1. The summed E-state index contributed by atoms with van der Waals surface area (Å²) < 4.78 is 0. The maximum atomic E-state index is 11.3. The summed E-state index contributed by atoms with van der Waals surface area (Å²) in [6.45, 7) is 3.68. The van der Waals surface area contributed by atoms with Gasteiger partial charge < -0.3 is 10.0 Å². The first-order valence-electron chi connectivity index (χ1n) is 4.68. The fourth-order valence-corrected chi connectivity index (χ4v) is 1.45. The van der Waals surface area contributed by atoms with E-state index in [1.165, 1.54) is 17.9 Å². The molecule has 0 spiro atoms. The van der Waals surface area contributed by atoms with E-state index in [2.05, 4.69) is 0 Å². The fraction of sp³-hybridized carbons (Fsp3) is 0.273. The second-order valence-electron chi connectivity index (χ2n) is 3.09. The average Bonchev–Trinajstić information content (AvgIpc) is 2.18. The van der Waals surface area contributed by atoms with Crippen LogP contribution in [0.15, 0.2) is 24.3 Å². The van der Waals surface area contributed by atoms with Gasteiger partial charge in [-0.15, -0.1) is 0 Å².